The van der Waals surface area contributed by atoms with Crippen molar-refractivity contribution in [2.24, 2.45) is 5.73 Å². The van der Waals surface area contributed by atoms with Crippen LogP contribution < -0.4 is 11.1 Å². The highest BCUT2D eigenvalue weighted by molar-refractivity contribution is 6.09. The van der Waals surface area contributed by atoms with Crippen LogP contribution in [-0.2, 0) is 15.0 Å². The second-order valence-corrected chi connectivity index (χ2v) is 3.43. The molecule has 0 radical (unpaired) electrons. The number of hydrogen-bond acceptors (Lipinski definition) is 2. The molecule has 4 nitrogen and oxygen atoms in total. The first-order valence-corrected chi connectivity index (χ1v) is 4.61. The molecule has 2 amide bonds. The van der Waals surface area contributed by atoms with Gasteiger partial charge in [0.05, 0.1) is 0 Å². The minimum Gasteiger partial charge on any atom is -0.368 e. The topological polar surface area (TPSA) is 72.2 Å². The lowest BCUT2D eigenvalue weighted by molar-refractivity contribution is -0.134. The van der Waals surface area contributed by atoms with E-state index in [0.29, 0.717) is 5.56 Å². The van der Waals surface area contributed by atoms with Crippen LogP contribution in [0.2, 0.25) is 0 Å². The smallest absolute Gasteiger partial charge is 0.239 e. The summed E-state index contributed by atoms with van der Waals surface area (Å²) in [5.74, 6) is -1.06. The van der Waals surface area contributed by atoms with Gasteiger partial charge in [0.15, 0.2) is 0 Å². The average Bonchev–Trinajstić information content (AvgIpc) is 2.27. The quantitative estimate of drug-likeness (QED) is 0.692. The maximum Gasteiger partial charge on any atom is 0.239 e. The molecule has 1 unspecified atom stereocenters. The minimum atomic E-state index is -1.31. The second-order valence-electron chi connectivity index (χ2n) is 3.43. The molecule has 1 aromatic rings. The summed E-state index contributed by atoms with van der Waals surface area (Å²) >= 11 is 0. The molecule has 1 rings (SSSR count). The first-order chi connectivity index (χ1) is 7.03. The normalized spacial score (nSPS) is 14.0. The highest BCUT2D eigenvalue weighted by Gasteiger charge is 2.40. The third kappa shape index (κ3) is 1.83. The van der Waals surface area contributed by atoms with Gasteiger partial charge in [-0.25, -0.2) is 0 Å². The maximum absolute atomic E-state index is 11.7. The summed E-state index contributed by atoms with van der Waals surface area (Å²) in [5.41, 5.74) is 4.56. The number of amides is 2. The Hall–Kier alpha value is -1.84. The summed E-state index contributed by atoms with van der Waals surface area (Å²) in [6.45, 7) is 1.52. The standard InChI is InChI=1S/C11H14N2O2/c1-11(9(12)14,10(15)13-2)8-6-4-3-5-7-8/h3-7H,1-2H3,(H2,12,14)(H,13,15). The molecule has 0 aromatic heterocycles. The minimum absolute atomic E-state index is 0.402. The molecule has 0 aliphatic rings. The van der Waals surface area contributed by atoms with Gasteiger partial charge in [-0.3, -0.25) is 9.59 Å². The summed E-state index contributed by atoms with van der Waals surface area (Å²) in [6.07, 6.45) is 0. The van der Waals surface area contributed by atoms with Crippen LogP contribution in [0.3, 0.4) is 0 Å². The first-order valence-electron chi connectivity index (χ1n) is 4.61. The predicted molar refractivity (Wildman–Crippen MR) is 57.1 cm³/mol. The van der Waals surface area contributed by atoms with Gasteiger partial charge in [0, 0.05) is 7.05 Å². The van der Waals surface area contributed by atoms with E-state index in [4.69, 9.17) is 5.73 Å². The highest BCUT2D eigenvalue weighted by Crippen LogP contribution is 2.23. The van der Waals surface area contributed by atoms with Crippen molar-refractivity contribution in [2.75, 3.05) is 7.05 Å². The van der Waals surface area contributed by atoms with Crippen LogP contribution >= 0.6 is 0 Å². The van der Waals surface area contributed by atoms with Gasteiger partial charge in [-0.1, -0.05) is 30.3 Å². The van der Waals surface area contributed by atoms with E-state index in [1.807, 2.05) is 6.07 Å². The fourth-order valence-corrected chi connectivity index (χ4v) is 1.41. The Bertz CT molecular complexity index is 375. The lowest BCUT2D eigenvalue weighted by atomic mass is 9.81. The lowest BCUT2D eigenvalue weighted by Crippen LogP contribution is -2.50. The number of primary amides is 1. The van der Waals surface area contributed by atoms with Crippen LogP contribution in [0.25, 0.3) is 0 Å². The van der Waals surface area contributed by atoms with Crippen molar-refractivity contribution in [3.63, 3.8) is 0 Å². The molecule has 4 heteroatoms. The fourth-order valence-electron chi connectivity index (χ4n) is 1.41. The van der Waals surface area contributed by atoms with Gasteiger partial charge < -0.3 is 11.1 Å². The maximum atomic E-state index is 11.7. The Morgan fingerprint density at radius 1 is 1.27 bits per heavy atom. The molecule has 0 aliphatic carbocycles. The number of nitrogens with one attached hydrogen (secondary N) is 1. The van der Waals surface area contributed by atoms with Crippen molar-refractivity contribution >= 4 is 11.8 Å². The zero-order valence-corrected chi connectivity index (χ0v) is 8.78. The largest absolute Gasteiger partial charge is 0.368 e. The third-order valence-corrected chi connectivity index (χ3v) is 2.53. The van der Waals surface area contributed by atoms with Crippen molar-refractivity contribution in [3.8, 4) is 0 Å². The zero-order chi connectivity index (χ0) is 11.5. The van der Waals surface area contributed by atoms with Crippen molar-refractivity contribution < 1.29 is 9.59 Å². The summed E-state index contributed by atoms with van der Waals surface area (Å²) in [4.78, 5) is 23.0. The number of hydrogen-bond donors (Lipinski definition) is 2. The summed E-state index contributed by atoms with van der Waals surface area (Å²) in [6, 6.07) is 8.76. The Balaban J connectivity index is 3.25. The molecular formula is C11H14N2O2. The van der Waals surface area contributed by atoms with Gasteiger partial charge in [0.1, 0.15) is 5.41 Å². The summed E-state index contributed by atoms with van der Waals surface area (Å²) < 4.78 is 0. The number of likely N-dealkylation sites (N-methyl/N-ethyl adjacent to an activating group) is 1. The molecule has 0 bridgehead atoms. The Labute approximate surface area is 88.5 Å². The van der Waals surface area contributed by atoms with E-state index >= 15 is 0 Å². The second kappa shape index (κ2) is 4.13. The predicted octanol–water partition coefficient (Wildman–Crippen LogP) is 0.176. The molecule has 3 N–H and O–H groups in total. The van der Waals surface area contributed by atoms with Gasteiger partial charge in [0.2, 0.25) is 11.8 Å². The molecule has 80 valence electrons. The molecule has 0 spiro atoms. The van der Waals surface area contributed by atoms with Gasteiger partial charge in [-0.2, -0.15) is 0 Å². The van der Waals surface area contributed by atoms with Gasteiger partial charge >= 0.3 is 0 Å². The molecule has 0 aliphatic heterocycles. The Morgan fingerprint density at radius 2 is 1.80 bits per heavy atom. The number of nitrogens with two attached hydrogens (primary N) is 1. The van der Waals surface area contributed by atoms with E-state index in [0.717, 1.165) is 0 Å². The lowest BCUT2D eigenvalue weighted by Gasteiger charge is -2.24. The first kappa shape index (κ1) is 11.2. The van der Waals surface area contributed by atoms with E-state index in [2.05, 4.69) is 5.32 Å². The Morgan fingerprint density at radius 3 is 2.20 bits per heavy atom. The van der Waals surface area contributed by atoms with Crippen LogP contribution in [0, 0.1) is 0 Å². The SMILES string of the molecule is CNC(=O)C(C)(C(N)=O)c1ccccc1. The molecule has 1 aromatic carbocycles. The van der Waals surface area contributed by atoms with Crippen LogP contribution in [0.15, 0.2) is 30.3 Å². The highest BCUT2D eigenvalue weighted by atomic mass is 16.2. The van der Waals surface area contributed by atoms with E-state index in [1.165, 1.54) is 14.0 Å². The van der Waals surface area contributed by atoms with Gasteiger partial charge in [-0.15, -0.1) is 0 Å². The van der Waals surface area contributed by atoms with Crippen LogP contribution in [0.1, 0.15) is 12.5 Å². The van der Waals surface area contributed by atoms with Crippen molar-refractivity contribution in [2.45, 2.75) is 12.3 Å². The molecule has 1 atom stereocenters. The molecular weight excluding hydrogens is 192 g/mol. The number of carbonyl (C=O) groups is 2. The molecule has 0 fully saturated rings. The van der Waals surface area contributed by atoms with E-state index < -0.39 is 17.2 Å². The van der Waals surface area contributed by atoms with Gasteiger partial charge in [0.25, 0.3) is 0 Å². The molecule has 15 heavy (non-hydrogen) atoms. The van der Waals surface area contributed by atoms with Crippen LogP contribution in [0.5, 0.6) is 0 Å². The van der Waals surface area contributed by atoms with E-state index in [-0.39, 0.29) is 0 Å². The van der Waals surface area contributed by atoms with Crippen LogP contribution in [0.4, 0.5) is 0 Å². The Kier molecular flexibility index (Phi) is 3.09. The van der Waals surface area contributed by atoms with Crippen molar-refractivity contribution in [3.05, 3.63) is 35.9 Å². The van der Waals surface area contributed by atoms with Crippen molar-refractivity contribution in [1.82, 2.24) is 5.32 Å². The van der Waals surface area contributed by atoms with Crippen LogP contribution in [-0.4, -0.2) is 18.9 Å². The molecule has 0 saturated heterocycles. The summed E-state index contributed by atoms with van der Waals surface area (Å²) in [5, 5.41) is 2.45. The van der Waals surface area contributed by atoms with Gasteiger partial charge in [-0.05, 0) is 12.5 Å². The van der Waals surface area contributed by atoms with Crippen molar-refractivity contribution in [1.29, 1.82) is 0 Å². The summed E-state index contributed by atoms with van der Waals surface area (Å²) in [7, 11) is 1.48. The fraction of sp³-hybridized carbons (Fsp3) is 0.273. The number of benzene rings is 1. The molecule has 0 heterocycles. The third-order valence-electron chi connectivity index (χ3n) is 2.53. The van der Waals surface area contributed by atoms with E-state index in [1.54, 1.807) is 24.3 Å². The number of rotatable bonds is 3. The molecule has 0 saturated carbocycles. The average molecular weight is 206 g/mol. The van der Waals surface area contributed by atoms with E-state index in [9.17, 15) is 9.59 Å². The zero-order valence-electron chi connectivity index (χ0n) is 8.78. The monoisotopic (exact) mass is 206 g/mol. The number of carbonyl (C=O) groups excluding carboxylic acids is 2.